The van der Waals surface area contributed by atoms with E-state index in [1.165, 1.54) is 6.07 Å². The lowest BCUT2D eigenvalue weighted by Gasteiger charge is -2.09. The Labute approximate surface area is 173 Å². The molecule has 0 aliphatic rings. The first-order chi connectivity index (χ1) is 14.7. The van der Waals surface area contributed by atoms with Gasteiger partial charge in [0.1, 0.15) is 17.9 Å². The minimum atomic E-state index is -0.488. The molecule has 148 valence electrons. The molecular formula is C24H19N3O3. The lowest BCUT2D eigenvalue weighted by atomic mass is 10.1. The third-order valence-electron chi connectivity index (χ3n) is 4.44. The minimum absolute atomic E-state index is 0.0366. The van der Waals surface area contributed by atoms with Gasteiger partial charge in [0.25, 0.3) is 11.5 Å². The number of pyridine rings is 2. The normalized spacial score (nSPS) is 10.4. The fraction of sp³-hybridized carbons (Fsp3) is 0.0417. The third-order valence-corrected chi connectivity index (χ3v) is 4.44. The number of aromatic nitrogens is 2. The number of H-pyrrole nitrogens is 1. The summed E-state index contributed by atoms with van der Waals surface area (Å²) in [5.41, 5.74) is 2.45. The molecular weight excluding hydrogens is 378 g/mol. The van der Waals surface area contributed by atoms with Crippen LogP contribution in [-0.4, -0.2) is 15.9 Å². The van der Waals surface area contributed by atoms with Crippen LogP contribution in [0.5, 0.6) is 5.75 Å². The number of rotatable bonds is 6. The summed E-state index contributed by atoms with van der Waals surface area (Å²) in [7, 11) is 0. The van der Waals surface area contributed by atoms with Crippen molar-refractivity contribution >= 4 is 11.6 Å². The number of amides is 1. The zero-order chi connectivity index (χ0) is 20.8. The van der Waals surface area contributed by atoms with Crippen LogP contribution < -0.4 is 15.6 Å². The highest BCUT2D eigenvalue weighted by molar-refractivity contribution is 6.04. The van der Waals surface area contributed by atoms with E-state index < -0.39 is 11.5 Å². The maximum Gasteiger partial charge on any atom is 0.261 e. The topological polar surface area (TPSA) is 84.1 Å². The number of hydrogen-bond acceptors (Lipinski definition) is 4. The molecule has 2 aromatic carbocycles. The molecule has 6 heteroatoms. The fourth-order valence-corrected chi connectivity index (χ4v) is 2.94. The van der Waals surface area contributed by atoms with E-state index in [0.717, 1.165) is 11.3 Å². The van der Waals surface area contributed by atoms with Crippen LogP contribution in [0.1, 0.15) is 16.1 Å². The molecule has 30 heavy (non-hydrogen) atoms. The number of anilines is 1. The Morgan fingerprint density at radius 3 is 2.53 bits per heavy atom. The third kappa shape index (κ3) is 4.62. The van der Waals surface area contributed by atoms with Gasteiger partial charge in [0.05, 0.1) is 5.69 Å². The van der Waals surface area contributed by atoms with Gasteiger partial charge in [-0.15, -0.1) is 0 Å². The molecule has 0 fully saturated rings. The van der Waals surface area contributed by atoms with Crippen LogP contribution in [0.2, 0.25) is 0 Å². The molecule has 6 nitrogen and oxygen atoms in total. The Bertz CT molecular complexity index is 1210. The maximum atomic E-state index is 12.6. The van der Waals surface area contributed by atoms with Gasteiger partial charge in [-0.05, 0) is 42.0 Å². The highest BCUT2D eigenvalue weighted by Crippen LogP contribution is 2.19. The van der Waals surface area contributed by atoms with E-state index in [1.54, 1.807) is 36.5 Å². The van der Waals surface area contributed by atoms with Crippen LogP contribution in [-0.2, 0) is 6.61 Å². The summed E-state index contributed by atoms with van der Waals surface area (Å²) in [4.78, 5) is 32.0. The van der Waals surface area contributed by atoms with E-state index in [9.17, 15) is 9.59 Å². The van der Waals surface area contributed by atoms with E-state index in [4.69, 9.17) is 4.74 Å². The Hall–Kier alpha value is -4.19. The van der Waals surface area contributed by atoms with Crippen LogP contribution in [0.3, 0.4) is 0 Å². The molecule has 0 aliphatic carbocycles. The van der Waals surface area contributed by atoms with E-state index in [1.807, 2.05) is 48.5 Å². The lowest BCUT2D eigenvalue weighted by molar-refractivity contribution is 0.102. The zero-order valence-electron chi connectivity index (χ0n) is 16.0. The monoisotopic (exact) mass is 397 g/mol. The Morgan fingerprint density at radius 1 is 0.933 bits per heavy atom. The first kappa shape index (κ1) is 19.1. The second kappa shape index (κ2) is 8.87. The molecule has 2 N–H and O–H groups in total. The molecule has 0 aliphatic heterocycles. The van der Waals surface area contributed by atoms with E-state index >= 15 is 0 Å². The quantitative estimate of drug-likeness (QED) is 0.509. The van der Waals surface area contributed by atoms with Crippen molar-refractivity contribution in [2.45, 2.75) is 6.61 Å². The van der Waals surface area contributed by atoms with Gasteiger partial charge in [-0.1, -0.05) is 42.5 Å². The average Bonchev–Trinajstić information content (AvgIpc) is 2.79. The smallest absolute Gasteiger partial charge is 0.261 e. The summed E-state index contributed by atoms with van der Waals surface area (Å²) in [6.45, 7) is 0.318. The van der Waals surface area contributed by atoms with E-state index in [-0.39, 0.29) is 5.56 Å². The van der Waals surface area contributed by atoms with Gasteiger partial charge in [0.15, 0.2) is 0 Å². The van der Waals surface area contributed by atoms with Crippen molar-refractivity contribution in [3.05, 3.63) is 113 Å². The predicted molar refractivity (Wildman–Crippen MR) is 115 cm³/mol. The van der Waals surface area contributed by atoms with Crippen LogP contribution in [0.4, 0.5) is 5.69 Å². The molecule has 2 aromatic heterocycles. The van der Waals surface area contributed by atoms with Crippen molar-refractivity contribution < 1.29 is 9.53 Å². The van der Waals surface area contributed by atoms with Crippen molar-refractivity contribution in [2.24, 2.45) is 0 Å². The Morgan fingerprint density at radius 2 is 1.77 bits per heavy atom. The number of carbonyl (C=O) groups is 1. The number of carbonyl (C=O) groups excluding carboxylic acids is 1. The highest BCUT2D eigenvalue weighted by atomic mass is 16.5. The van der Waals surface area contributed by atoms with Gasteiger partial charge < -0.3 is 15.0 Å². The van der Waals surface area contributed by atoms with Gasteiger partial charge in [0, 0.05) is 23.6 Å². The number of benzene rings is 2. The van der Waals surface area contributed by atoms with Gasteiger partial charge in [-0.25, -0.2) is 0 Å². The van der Waals surface area contributed by atoms with E-state index in [0.29, 0.717) is 23.7 Å². The minimum Gasteiger partial charge on any atom is -0.487 e. The number of ether oxygens (including phenoxy) is 1. The number of nitrogens with one attached hydrogen (secondary N) is 2. The molecule has 0 saturated heterocycles. The summed E-state index contributed by atoms with van der Waals surface area (Å²) < 4.78 is 5.73. The molecule has 0 spiro atoms. The number of hydrogen-bond donors (Lipinski definition) is 2. The fourth-order valence-electron chi connectivity index (χ4n) is 2.94. The summed E-state index contributed by atoms with van der Waals surface area (Å²) in [6, 6.07) is 25.3. The highest BCUT2D eigenvalue weighted by Gasteiger charge is 2.12. The first-order valence-electron chi connectivity index (χ1n) is 9.42. The maximum absolute atomic E-state index is 12.6. The Kier molecular flexibility index (Phi) is 5.66. The Balaban J connectivity index is 1.45. The molecule has 0 radical (unpaired) electrons. The van der Waals surface area contributed by atoms with Crippen molar-refractivity contribution in [2.75, 3.05) is 5.32 Å². The SMILES string of the molecule is O=C(Nc1cccc(OCc2ccccn2)c1)c1ccc(-c2ccccc2)[nH]c1=O. The van der Waals surface area contributed by atoms with Gasteiger partial charge in [-0.2, -0.15) is 0 Å². The predicted octanol–water partition coefficient (Wildman–Crippen LogP) is 4.27. The summed E-state index contributed by atoms with van der Waals surface area (Å²) in [5.74, 6) is 0.101. The summed E-state index contributed by atoms with van der Waals surface area (Å²) in [5, 5.41) is 2.74. The second-order valence-electron chi connectivity index (χ2n) is 6.57. The number of nitrogens with zero attached hydrogens (tertiary/aromatic N) is 1. The molecule has 0 unspecified atom stereocenters. The summed E-state index contributed by atoms with van der Waals surface area (Å²) >= 11 is 0. The van der Waals surface area contributed by atoms with Crippen molar-refractivity contribution in [3.8, 4) is 17.0 Å². The zero-order valence-corrected chi connectivity index (χ0v) is 16.0. The van der Waals surface area contributed by atoms with E-state index in [2.05, 4.69) is 15.3 Å². The molecule has 1 amide bonds. The standard InChI is InChI=1S/C24H19N3O3/c28-23(21-12-13-22(27-24(21)29)17-7-2-1-3-8-17)26-18-10-6-11-20(15-18)30-16-19-9-4-5-14-25-19/h1-15H,16H2,(H,26,28)(H,27,29). The largest absolute Gasteiger partial charge is 0.487 e. The van der Waals surface area contributed by atoms with Gasteiger partial charge in [-0.3, -0.25) is 14.6 Å². The van der Waals surface area contributed by atoms with Crippen molar-refractivity contribution in [1.82, 2.24) is 9.97 Å². The average molecular weight is 397 g/mol. The molecule has 4 aromatic rings. The van der Waals surface area contributed by atoms with Crippen LogP contribution >= 0.6 is 0 Å². The molecule has 0 bridgehead atoms. The molecule has 0 atom stereocenters. The van der Waals surface area contributed by atoms with Gasteiger partial charge >= 0.3 is 0 Å². The van der Waals surface area contributed by atoms with Crippen molar-refractivity contribution in [1.29, 1.82) is 0 Å². The number of aromatic amines is 1. The van der Waals surface area contributed by atoms with Crippen LogP contribution in [0.15, 0.2) is 95.9 Å². The van der Waals surface area contributed by atoms with Crippen LogP contribution in [0.25, 0.3) is 11.3 Å². The second-order valence-corrected chi connectivity index (χ2v) is 6.57. The lowest BCUT2D eigenvalue weighted by Crippen LogP contribution is -2.23. The van der Waals surface area contributed by atoms with Gasteiger partial charge in [0.2, 0.25) is 0 Å². The molecule has 4 rings (SSSR count). The van der Waals surface area contributed by atoms with Crippen LogP contribution in [0, 0.1) is 0 Å². The molecule has 2 heterocycles. The molecule has 0 saturated carbocycles. The summed E-state index contributed by atoms with van der Waals surface area (Å²) in [6.07, 6.45) is 1.70. The van der Waals surface area contributed by atoms with Crippen molar-refractivity contribution in [3.63, 3.8) is 0 Å². The first-order valence-corrected chi connectivity index (χ1v) is 9.42.